The zero-order chi connectivity index (χ0) is 13.3. The Morgan fingerprint density at radius 3 is 2.89 bits per heavy atom. The molecule has 0 aliphatic heterocycles. The zero-order valence-corrected chi connectivity index (χ0v) is 10.4. The van der Waals surface area contributed by atoms with Crippen molar-refractivity contribution in [3.63, 3.8) is 0 Å². The molecule has 0 fully saturated rings. The van der Waals surface area contributed by atoms with Crippen LogP contribution in [0.1, 0.15) is 25.2 Å². The molecule has 0 saturated heterocycles. The molecule has 1 aromatic heterocycles. The Hall–Kier alpha value is -2.08. The van der Waals surface area contributed by atoms with Gasteiger partial charge in [0, 0.05) is 11.6 Å². The molecular weight excluding hydrogens is 230 g/mol. The molecule has 1 heterocycles. The van der Waals surface area contributed by atoms with Crippen molar-refractivity contribution >= 4 is 16.9 Å². The van der Waals surface area contributed by atoms with Crippen LogP contribution < -0.4 is 11.1 Å². The lowest BCUT2D eigenvalue weighted by Gasteiger charge is -2.06. The van der Waals surface area contributed by atoms with Gasteiger partial charge in [-0.3, -0.25) is 5.41 Å². The largest absolute Gasteiger partial charge is 0.427 e. The molecule has 0 amide bonds. The van der Waals surface area contributed by atoms with Gasteiger partial charge in [-0.25, -0.2) is 4.98 Å². The maximum absolute atomic E-state index is 10.0. The predicted octanol–water partition coefficient (Wildman–Crippen LogP) is 1.06. The van der Waals surface area contributed by atoms with Crippen molar-refractivity contribution in [2.45, 2.75) is 26.4 Å². The molecule has 6 nitrogen and oxygen atoms in total. The van der Waals surface area contributed by atoms with E-state index in [9.17, 15) is 5.21 Å². The first-order chi connectivity index (χ1) is 8.50. The molecule has 0 spiro atoms. The average Bonchev–Trinajstić information content (AvgIpc) is 2.63. The van der Waals surface area contributed by atoms with Crippen LogP contribution >= 0.6 is 0 Å². The van der Waals surface area contributed by atoms with Gasteiger partial charge in [0.2, 0.25) is 0 Å². The number of imidazole rings is 1. The minimum absolute atomic E-state index is 0.0536. The number of nitrogens with zero attached hydrogens (tertiary/aromatic N) is 2. The molecule has 0 unspecified atom stereocenters. The molecule has 0 aliphatic rings. The number of para-hydroxylation sites is 1. The van der Waals surface area contributed by atoms with Crippen LogP contribution in [0.3, 0.4) is 0 Å². The number of amidine groups is 1. The maximum atomic E-state index is 10.0. The van der Waals surface area contributed by atoms with E-state index >= 15 is 0 Å². The van der Waals surface area contributed by atoms with E-state index in [1.165, 1.54) is 0 Å². The third kappa shape index (κ3) is 2.14. The summed E-state index contributed by atoms with van der Waals surface area (Å²) < 4.78 is 1.04. The Morgan fingerprint density at radius 1 is 1.56 bits per heavy atom. The average molecular weight is 247 g/mol. The fourth-order valence-corrected chi connectivity index (χ4v) is 1.76. The first kappa shape index (κ1) is 12.4. The second-order valence-electron chi connectivity index (χ2n) is 4.46. The van der Waals surface area contributed by atoms with Gasteiger partial charge in [-0.05, 0) is 12.1 Å². The van der Waals surface area contributed by atoms with Crippen molar-refractivity contribution in [3.05, 3.63) is 29.6 Å². The van der Waals surface area contributed by atoms with Crippen LogP contribution in [0.2, 0.25) is 0 Å². The number of nitrogens with two attached hydrogens (primary N) is 1. The normalized spacial score (nSPS) is 11.3. The monoisotopic (exact) mass is 247 g/mol. The first-order valence-corrected chi connectivity index (χ1v) is 5.78. The summed E-state index contributed by atoms with van der Waals surface area (Å²) in [6, 6.07) is 5.51. The number of fused-ring (bicyclic) bond motifs is 1. The highest BCUT2D eigenvalue weighted by atomic mass is 16.5. The predicted molar refractivity (Wildman–Crippen MR) is 69.9 cm³/mol. The van der Waals surface area contributed by atoms with Crippen LogP contribution in [0.5, 0.6) is 0 Å². The summed E-state index contributed by atoms with van der Waals surface area (Å²) in [6.45, 7) is 4.50. The molecule has 0 bridgehead atoms. The number of nitrogens with one attached hydrogen (secondary N) is 2. The topological polar surface area (TPSA) is 100.0 Å². The van der Waals surface area contributed by atoms with Crippen LogP contribution in [0.15, 0.2) is 18.2 Å². The molecule has 96 valence electrons. The van der Waals surface area contributed by atoms with Gasteiger partial charge < -0.3 is 16.3 Å². The van der Waals surface area contributed by atoms with Crippen LogP contribution in [0, 0.1) is 5.41 Å². The third-order valence-electron chi connectivity index (χ3n) is 2.69. The van der Waals surface area contributed by atoms with Gasteiger partial charge >= 0.3 is 0 Å². The summed E-state index contributed by atoms with van der Waals surface area (Å²) in [5.74, 6) is 0.453. The Balaban J connectivity index is 2.48. The number of rotatable bonds is 4. The Labute approximate surface area is 105 Å². The summed E-state index contributed by atoms with van der Waals surface area (Å²) in [5.41, 5.74) is 7.14. The highest BCUT2D eigenvalue weighted by molar-refractivity contribution is 6.05. The van der Waals surface area contributed by atoms with E-state index in [0.717, 1.165) is 4.73 Å². The van der Waals surface area contributed by atoms with Crippen molar-refractivity contribution < 1.29 is 5.21 Å². The second kappa shape index (κ2) is 4.66. The molecule has 0 atom stereocenters. The van der Waals surface area contributed by atoms with E-state index in [1.54, 1.807) is 18.2 Å². The smallest absolute Gasteiger partial charge is 0.159 e. The summed E-state index contributed by atoms with van der Waals surface area (Å²) in [6.07, 6.45) is 0. The molecule has 1 aromatic carbocycles. The number of benzene rings is 1. The van der Waals surface area contributed by atoms with Crippen LogP contribution in [-0.2, 0) is 6.54 Å². The van der Waals surface area contributed by atoms with Gasteiger partial charge in [-0.15, -0.1) is 0 Å². The van der Waals surface area contributed by atoms with E-state index in [1.807, 2.05) is 13.8 Å². The molecular formula is C12H17N5O. The van der Waals surface area contributed by atoms with Crippen molar-refractivity contribution in [1.82, 2.24) is 15.0 Å². The molecule has 0 saturated carbocycles. The minimum atomic E-state index is -0.0536. The first-order valence-electron chi connectivity index (χ1n) is 5.78. The van der Waals surface area contributed by atoms with Gasteiger partial charge in [-0.1, -0.05) is 19.9 Å². The van der Waals surface area contributed by atoms with Crippen LogP contribution in [-0.4, -0.2) is 26.8 Å². The van der Waals surface area contributed by atoms with E-state index < -0.39 is 0 Å². The van der Waals surface area contributed by atoms with Gasteiger partial charge in [-0.2, -0.15) is 4.73 Å². The molecule has 0 radical (unpaired) electrons. The fraction of sp³-hybridized carbons (Fsp3) is 0.333. The summed E-state index contributed by atoms with van der Waals surface area (Å²) in [7, 11) is 0. The van der Waals surface area contributed by atoms with Crippen molar-refractivity contribution in [2.24, 2.45) is 5.73 Å². The summed E-state index contributed by atoms with van der Waals surface area (Å²) >= 11 is 0. The van der Waals surface area contributed by atoms with Crippen molar-refractivity contribution in [2.75, 3.05) is 0 Å². The van der Waals surface area contributed by atoms with Crippen molar-refractivity contribution in [3.8, 4) is 0 Å². The Kier molecular flexibility index (Phi) is 3.20. The van der Waals surface area contributed by atoms with E-state index in [2.05, 4.69) is 10.3 Å². The van der Waals surface area contributed by atoms with E-state index in [-0.39, 0.29) is 5.84 Å². The molecule has 2 aromatic rings. The molecule has 2 rings (SSSR count). The quantitative estimate of drug-likeness (QED) is 0.368. The Morgan fingerprint density at radius 2 is 2.28 bits per heavy atom. The zero-order valence-electron chi connectivity index (χ0n) is 10.4. The standard InChI is InChI=1S/C12H17N5O/c1-7(2)15-6-10-16-11-8(12(13)14)4-3-5-9(11)17(10)18/h3-5,7,15,18H,6H2,1-2H3,(H3,13,14). The lowest BCUT2D eigenvalue weighted by Crippen LogP contribution is -2.23. The van der Waals surface area contributed by atoms with E-state index in [4.69, 9.17) is 11.1 Å². The molecule has 0 aliphatic carbocycles. The van der Waals surface area contributed by atoms with Gasteiger partial charge in [0.05, 0.1) is 6.54 Å². The number of aromatic nitrogens is 2. The summed E-state index contributed by atoms with van der Waals surface area (Å²) in [4.78, 5) is 4.34. The number of hydrogen-bond acceptors (Lipinski definition) is 4. The molecule has 18 heavy (non-hydrogen) atoms. The highest BCUT2D eigenvalue weighted by Gasteiger charge is 2.14. The maximum Gasteiger partial charge on any atom is 0.159 e. The fourth-order valence-electron chi connectivity index (χ4n) is 1.76. The van der Waals surface area contributed by atoms with Crippen molar-refractivity contribution in [1.29, 1.82) is 5.41 Å². The SMILES string of the molecule is CC(C)NCc1nc2c(C(=N)N)cccc2n1O. The minimum Gasteiger partial charge on any atom is -0.427 e. The third-order valence-corrected chi connectivity index (χ3v) is 2.69. The Bertz CT molecular complexity index is 587. The van der Waals surface area contributed by atoms with E-state index in [0.29, 0.717) is 35.0 Å². The summed E-state index contributed by atoms with van der Waals surface area (Å²) in [5, 5.41) is 20.7. The van der Waals surface area contributed by atoms with Gasteiger partial charge in [0.25, 0.3) is 0 Å². The van der Waals surface area contributed by atoms with Crippen LogP contribution in [0.25, 0.3) is 11.0 Å². The molecule has 6 heteroatoms. The van der Waals surface area contributed by atoms with Crippen LogP contribution in [0.4, 0.5) is 0 Å². The molecule has 5 N–H and O–H groups in total. The number of hydrogen-bond donors (Lipinski definition) is 4. The second-order valence-corrected chi connectivity index (χ2v) is 4.46. The number of nitrogen functional groups attached to an aromatic ring is 1. The lowest BCUT2D eigenvalue weighted by molar-refractivity contribution is 0.185. The highest BCUT2D eigenvalue weighted by Crippen LogP contribution is 2.18. The van der Waals surface area contributed by atoms with Gasteiger partial charge in [0.15, 0.2) is 5.82 Å². The van der Waals surface area contributed by atoms with Gasteiger partial charge in [0.1, 0.15) is 16.9 Å². The lowest BCUT2D eigenvalue weighted by atomic mass is 10.2.